The molecule has 4 rings (SSSR count). The number of rotatable bonds is 6. The van der Waals surface area contributed by atoms with Crippen LogP contribution in [0.25, 0.3) is 11.1 Å². The average molecular weight is 435 g/mol. The van der Waals surface area contributed by atoms with Crippen LogP contribution >= 0.6 is 0 Å². The molecule has 2 heterocycles. The summed E-state index contributed by atoms with van der Waals surface area (Å²) in [5.41, 5.74) is 2.48. The molecule has 1 aromatic carbocycles. The molecule has 1 aliphatic rings. The number of nitrogens with zero attached hydrogens (tertiary/aromatic N) is 1. The van der Waals surface area contributed by atoms with E-state index in [2.05, 4.69) is 20.6 Å². The van der Waals surface area contributed by atoms with Gasteiger partial charge in [0.2, 0.25) is 0 Å². The lowest BCUT2D eigenvalue weighted by molar-refractivity contribution is 0.0922. The fourth-order valence-corrected chi connectivity index (χ4v) is 4.06. The molecule has 0 aliphatic heterocycles. The Kier molecular flexibility index (Phi) is 6.75. The van der Waals surface area contributed by atoms with Crippen molar-refractivity contribution < 1.29 is 9.18 Å². The van der Waals surface area contributed by atoms with E-state index in [0.717, 1.165) is 37.8 Å². The molecule has 0 bridgehead atoms. The van der Waals surface area contributed by atoms with Crippen molar-refractivity contribution >= 4 is 5.91 Å². The maximum Gasteiger partial charge on any atom is 0.260 e. The molecule has 0 atom stereocenters. The zero-order valence-corrected chi connectivity index (χ0v) is 18.0. The van der Waals surface area contributed by atoms with Gasteiger partial charge in [-0.15, -0.1) is 0 Å². The summed E-state index contributed by atoms with van der Waals surface area (Å²) >= 11 is 0. The largest absolute Gasteiger partial charge is 0.349 e. The van der Waals surface area contributed by atoms with Crippen molar-refractivity contribution in [3.05, 3.63) is 87.9 Å². The minimum atomic E-state index is -0.453. The zero-order chi connectivity index (χ0) is 22.5. The summed E-state index contributed by atoms with van der Waals surface area (Å²) in [6, 6.07) is 10.8. The number of halogens is 1. The molecule has 3 N–H and O–H groups in total. The van der Waals surface area contributed by atoms with Gasteiger partial charge in [0.25, 0.3) is 11.5 Å². The molecule has 166 valence electrons. The van der Waals surface area contributed by atoms with Gasteiger partial charge in [0.05, 0.1) is 0 Å². The molecule has 1 amide bonds. The van der Waals surface area contributed by atoms with Gasteiger partial charge in [-0.2, -0.15) is 0 Å². The van der Waals surface area contributed by atoms with Gasteiger partial charge in [-0.1, -0.05) is 18.2 Å². The van der Waals surface area contributed by atoms with Gasteiger partial charge in [0, 0.05) is 37.2 Å². The summed E-state index contributed by atoms with van der Waals surface area (Å²) < 4.78 is 13.9. The summed E-state index contributed by atoms with van der Waals surface area (Å²) in [6.07, 6.45) is 8.71. The second-order valence-corrected chi connectivity index (χ2v) is 8.36. The number of benzene rings is 1. The highest BCUT2D eigenvalue weighted by molar-refractivity contribution is 5.95. The third kappa shape index (κ3) is 5.29. The van der Waals surface area contributed by atoms with Crippen molar-refractivity contribution in [2.24, 2.45) is 0 Å². The first kappa shape index (κ1) is 21.9. The first-order valence-electron chi connectivity index (χ1n) is 10.9. The number of aromatic nitrogens is 2. The summed E-state index contributed by atoms with van der Waals surface area (Å²) in [5, 5.41) is 6.55. The monoisotopic (exact) mass is 434 g/mol. The zero-order valence-electron chi connectivity index (χ0n) is 18.0. The Morgan fingerprint density at radius 1 is 1.12 bits per heavy atom. The van der Waals surface area contributed by atoms with E-state index >= 15 is 0 Å². The Hall–Kier alpha value is -3.32. The third-order valence-electron chi connectivity index (χ3n) is 6.03. The third-order valence-corrected chi connectivity index (χ3v) is 6.03. The molecule has 0 saturated heterocycles. The molecule has 3 aromatic rings. The number of carbonyl (C=O) groups excluding carboxylic acids is 1. The number of carbonyl (C=O) groups is 1. The fraction of sp³-hybridized carbons (Fsp3) is 0.320. The minimum Gasteiger partial charge on any atom is -0.349 e. The molecule has 1 fully saturated rings. The molecule has 32 heavy (non-hydrogen) atoms. The van der Waals surface area contributed by atoms with E-state index in [1.165, 1.54) is 18.3 Å². The molecule has 7 heteroatoms. The first-order valence-corrected chi connectivity index (χ1v) is 10.9. The van der Waals surface area contributed by atoms with E-state index in [0.29, 0.717) is 22.7 Å². The van der Waals surface area contributed by atoms with Gasteiger partial charge in [-0.25, -0.2) is 4.39 Å². The lowest BCUT2D eigenvalue weighted by atomic mass is 9.91. The van der Waals surface area contributed by atoms with E-state index < -0.39 is 11.5 Å². The van der Waals surface area contributed by atoms with Crippen LogP contribution < -0.4 is 16.2 Å². The maximum atomic E-state index is 13.9. The van der Waals surface area contributed by atoms with Crippen molar-refractivity contribution in [1.82, 2.24) is 20.6 Å². The highest BCUT2D eigenvalue weighted by Crippen LogP contribution is 2.22. The SMILES string of the molecule is Cc1ccc(-c2c[nH]c(=O)c(C(=O)NC3CCC(NCc4cccnc4)CC3)c2)cc1F. The Bertz CT molecular complexity index is 1140. The van der Waals surface area contributed by atoms with E-state index in [1.54, 1.807) is 25.3 Å². The molecule has 0 radical (unpaired) electrons. The van der Waals surface area contributed by atoms with Crippen LogP contribution in [0, 0.1) is 12.7 Å². The molecule has 0 unspecified atom stereocenters. The molecular weight excluding hydrogens is 407 g/mol. The molecule has 1 saturated carbocycles. The Morgan fingerprint density at radius 3 is 2.62 bits per heavy atom. The molecular formula is C25H27FN4O2. The Morgan fingerprint density at radius 2 is 1.91 bits per heavy atom. The standard InChI is InChI=1S/C25H27FN4O2/c1-16-4-5-18(12-23(16)26)19-11-22(24(31)29-15-19)25(32)30-21-8-6-20(7-9-21)28-14-17-3-2-10-27-13-17/h2-5,10-13,15,20-21,28H,6-9,14H2,1H3,(H,29,31)(H,30,32). The van der Waals surface area contributed by atoms with Crippen LogP contribution in [0.2, 0.25) is 0 Å². The number of hydrogen-bond donors (Lipinski definition) is 3. The maximum absolute atomic E-state index is 13.9. The van der Waals surface area contributed by atoms with Crippen LogP contribution in [-0.2, 0) is 6.54 Å². The number of amides is 1. The van der Waals surface area contributed by atoms with Gasteiger partial charge in [-0.05, 0) is 73.1 Å². The summed E-state index contributed by atoms with van der Waals surface area (Å²) in [6.45, 7) is 2.46. The number of aryl methyl sites for hydroxylation is 1. The average Bonchev–Trinajstić information content (AvgIpc) is 2.81. The lowest BCUT2D eigenvalue weighted by Crippen LogP contribution is -2.43. The lowest BCUT2D eigenvalue weighted by Gasteiger charge is -2.29. The summed E-state index contributed by atoms with van der Waals surface area (Å²) in [7, 11) is 0. The summed E-state index contributed by atoms with van der Waals surface area (Å²) in [4.78, 5) is 31.8. The van der Waals surface area contributed by atoms with E-state index in [4.69, 9.17) is 0 Å². The van der Waals surface area contributed by atoms with Gasteiger partial charge in [0.1, 0.15) is 11.4 Å². The topological polar surface area (TPSA) is 86.9 Å². The van der Waals surface area contributed by atoms with Crippen LogP contribution in [0.5, 0.6) is 0 Å². The van der Waals surface area contributed by atoms with Gasteiger partial charge >= 0.3 is 0 Å². The Balaban J connectivity index is 1.35. The highest BCUT2D eigenvalue weighted by Gasteiger charge is 2.23. The number of aromatic amines is 1. The van der Waals surface area contributed by atoms with Crippen LogP contribution in [0.15, 0.2) is 59.8 Å². The number of H-pyrrole nitrogens is 1. The molecule has 2 aromatic heterocycles. The van der Waals surface area contributed by atoms with Gasteiger partial charge < -0.3 is 15.6 Å². The predicted octanol–water partition coefficient (Wildman–Crippen LogP) is 3.72. The van der Waals surface area contributed by atoms with Crippen molar-refractivity contribution in [2.75, 3.05) is 0 Å². The van der Waals surface area contributed by atoms with Crippen LogP contribution in [0.3, 0.4) is 0 Å². The van der Waals surface area contributed by atoms with Crippen molar-refractivity contribution in [1.29, 1.82) is 0 Å². The molecule has 0 spiro atoms. The minimum absolute atomic E-state index is 0.0267. The summed E-state index contributed by atoms with van der Waals surface area (Å²) in [5.74, 6) is -0.721. The van der Waals surface area contributed by atoms with Crippen LogP contribution in [0.4, 0.5) is 4.39 Å². The molecule has 6 nitrogen and oxygen atoms in total. The van der Waals surface area contributed by atoms with Crippen molar-refractivity contribution in [3.63, 3.8) is 0 Å². The highest BCUT2D eigenvalue weighted by atomic mass is 19.1. The van der Waals surface area contributed by atoms with Crippen LogP contribution in [-0.4, -0.2) is 28.0 Å². The van der Waals surface area contributed by atoms with Crippen molar-refractivity contribution in [2.45, 2.75) is 51.2 Å². The first-order chi connectivity index (χ1) is 15.5. The van der Waals surface area contributed by atoms with Crippen LogP contribution in [0.1, 0.15) is 47.2 Å². The number of pyridine rings is 2. The second kappa shape index (κ2) is 9.87. The number of nitrogens with one attached hydrogen (secondary N) is 3. The fourth-order valence-electron chi connectivity index (χ4n) is 4.06. The van der Waals surface area contributed by atoms with Gasteiger partial charge in [0.15, 0.2) is 0 Å². The Labute approximate surface area is 186 Å². The smallest absolute Gasteiger partial charge is 0.260 e. The molecule has 1 aliphatic carbocycles. The predicted molar refractivity (Wildman–Crippen MR) is 122 cm³/mol. The quantitative estimate of drug-likeness (QED) is 0.552. The normalized spacial score (nSPS) is 18.3. The number of hydrogen-bond acceptors (Lipinski definition) is 4. The van der Waals surface area contributed by atoms with E-state index in [1.807, 2.05) is 18.3 Å². The van der Waals surface area contributed by atoms with E-state index in [-0.39, 0.29) is 17.4 Å². The van der Waals surface area contributed by atoms with Crippen molar-refractivity contribution in [3.8, 4) is 11.1 Å². The van der Waals surface area contributed by atoms with E-state index in [9.17, 15) is 14.0 Å². The second-order valence-electron chi connectivity index (χ2n) is 8.36. The van der Waals surface area contributed by atoms with Gasteiger partial charge in [-0.3, -0.25) is 14.6 Å².